The van der Waals surface area contributed by atoms with E-state index in [1.807, 2.05) is 17.9 Å². The second kappa shape index (κ2) is 4.05. The van der Waals surface area contributed by atoms with Gasteiger partial charge in [-0.1, -0.05) is 0 Å². The van der Waals surface area contributed by atoms with Crippen LogP contribution in [0.5, 0.6) is 0 Å². The van der Waals surface area contributed by atoms with Gasteiger partial charge in [-0.15, -0.1) is 0 Å². The van der Waals surface area contributed by atoms with Crippen LogP contribution in [0.15, 0.2) is 10.8 Å². The van der Waals surface area contributed by atoms with Gasteiger partial charge in [0, 0.05) is 18.2 Å². The van der Waals surface area contributed by atoms with Crippen LogP contribution < -0.4 is 5.32 Å². The van der Waals surface area contributed by atoms with Gasteiger partial charge in [0.25, 0.3) is 0 Å². The number of rotatable bonds is 3. The van der Waals surface area contributed by atoms with E-state index in [0.29, 0.717) is 6.04 Å². The average molecular weight is 232 g/mol. The quantitative estimate of drug-likeness (QED) is 0.863. The molecule has 0 spiro atoms. The summed E-state index contributed by atoms with van der Waals surface area (Å²) < 4.78 is 3.04. The molecule has 0 aliphatic heterocycles. The molecule has 1 aromatic rings. The first-order chi connectivity index (χ1) is 5.66. The van der Waals surface area contributed by atoms with E-state index in [0.717, 1.165) is 11.1 Å². The largest absolute Gasteiger partial charge is 0.316 e. The van der Waals surface area contributed by atoms with Gasteiger partial charge in [-0.3, -0.25) is 4.68 Å². The van der Waals surface area contributed by atoms with Crippen molar-refractivity contribution >= 4 is 15.9 Å². The molecule has 68 valence electrons. The number of hydrogen-bond donors (Lipinski definition) is 1. The first-order valence-corrected chi connectivity index (χ1v) is 4.82. The minimum atomic E-state index is 0.407. The Bertz CT molecular complexity index is 255. The molecule has 4 heteroatoms. The van der Waals surface area contributed by atoms with E-state index in [9.17, 15) is 0 Å². The molecule has 0 aliphatic carbocycles. The Hall–Kier alpha value is -0.350. The van der Waals surface area contributed by atoms with Crippen molar-refractivity contribution in [3.05, 3.63) is 16.4 Å². The van der Waals surface area contributed by atoms with Crippen molar-refractivity contribution in [3.63, 3.8) is 0 Å². The smallest absolute Gasteiger partial charge is 0.108 e. The molecular formula is C8H14BrN3. The zero-order valence-electron chi connectivity index (χ0n) is 7.63. The summed E-state index contributed by atoms with van der Waals surface area (Å²) in [4.78, 5) is 0. The fourth-order valence-electron chi connectivity index (χ4n) is 1.05. The molecule has 0 aromatic carbocycles. The maximum absolute atomic E-state index is 4.26. The predicted octanol–water partition coefficient (Wildman–Crippen LogP) is 1.95. The Morgan fingerprint density at radius 1 is 1.67 bits per heavy atom. The Morgan fingerprint density at radius 3 is 2.75 bits per heavy atom. The lowest BCUT2D eigenvalue weighted by Gasteiger charge is -2.06. The van der Waals surface area contributed by atoms with Crippen molar-refractivity contribution in [3.8, 4) is 0 Å². The van der Waals surface area contributed by atoms with E-state index in [-0.39, 0.29) is 0 Å². The molecule has 1 rings (SSSR count). The molecule has 0 amide bonds. The monoisotopic (exact) mass is 231 g/mol. The van der Waals surface area contributed by atoms with Gasteiger partial charge in [-0.05, 0) is 36.8 Å². The lowest BCUT2D eigenvalue weighted by atomic mass is 10.3. The lowest BCUT2D eigenvalue weighted by Crippen LogP contribution is -2.06. The van der Waals surface area contributed by atoms with Crippen LogP contribution >= 0.6 is 15.9 Å². The molecule has 1 heterocycles. The Labute approximate surface area is 81.3 Å². The first kappa shape index (κ1) is 9.74. The molecule has 3 nitrogen and oxygen atoms in total. The summed E-state index contributed by atoms with van der Waals surface area (Å²) in [5.41, 5.74) is 1.20. The van der Waals surface area contributed by atoms with E-state index in [4.69, 9.17) is 0 Å². The summed E-state index contributed by atoms with van der Waals surface area (Å²) >= 11 is 3.51. The molecule has 0 unspecified atom stereocenters. The minimum absolute atomic E-state index is 0.407. The van der Waals surface area contributed by atoms with Gasteiger partial charge in [-0.25, -0.2) is 0 Å². The van der Waals surface area contributed by atoms with Crippen molar-refractivity contribution in [2.75, 3.05) is 7.05 Å². The zero-order chi connectivity index (χ0) is 9.14. The summed E-state index contributed by atoms with van der Waals surface area (Å²) in [7, 11) is 1.93. The van der Waals surface area contributed by atoms with Crippen LogP contribution in [-0.2, 0) is 6.54 Å². The number of nitrogens with zero attached hydrogens (tertiary/aromatic N) is 2. The van der Waals surface area contributed by atoms with Gasteiger partial charge in [0.15, 0.2) is 0 Å². The predicted molar refractivity (Wildman–Crippen MR) is 53.1 cm³/mol. The molecule has 1 N–H and O–H groups in total. The summed E-state index contributed by atoms with van der Waals surface area (Å²) in [6, 6.07) is 0.407. The third-order valence-corrected chi connectivity index (χ3v) is 2.53. The van der Waals surface area contributed by atoms with E-state index >= 15 is 0 Å². The molecule has 0 aliphatic rings. The molecule has 12 heavy (non-hydrogen) atoms. The van der Waals surface area contributed by atoms with Crippen LogP contribution in [0.2, 0.25) is 0 Å². The average Bonchev–Trinajstić information content (AvgIpc) is 2.34. The van der Waals surface area contributed by atoms with Crippen molar-refractivity contribution in [2.24, 2.45) is 0 Å². The van der Waals surface area contributed by atoms with Gasteiger partial charge in [0.2, 0.25) is 0 Å². The molecule has 0 atom stereocenters. The fraction of sp³-hybridized carbons (Fsp3) is 0.625. The normalized spacial score (nSPS) is 11.1. The maximum Gasteiger partial charge on any atom is 0.108 e. The number of hydrogen-bond acceptors (Lipinski definition) is 2. The van der Waals surface area contributed by atoms with Gasteiger partial charge < -0.3 is 5.32 Å². The third-order valence-electron chi connectivity index (χ3n) is 1.66. The Kier molecular flexibility index (Phi) is 3.29. The van der Waals surface area contributed by atoms with Crippen molar-refractivity contribution < 1.29 is 0 Å². The topological polar surface area (TPSA) is 29.9 Å². The highest BCUT2D eigenvalue weighted by Crippen LogP contribution is 2.19. The van der Waals surface area contributed by atoms with E-state index < -0.39 is 0 Å². The van der Waals surface area contributed by atoms with Crippen LogP contribution in [0.3, 0.4) is 0 Å². The molecular weight excluding hydrogens is 218 g/mol. The van der Waals surface area contributed by atoms with Crippen LogP contribution in [0, 0.1) is 0 Å². The number of aromatic nitrogens is 2. The highest BCUT2D eigenvalue weighted by atomic mass is 79.9. The number of halogens is 1. The zero-order valence-corrected chi connectivity index (χ0v) is 9.22. The van der Waals surface area contributed by atoms with Crippen LogP contribution in [0.1, 0.15) is 25.5 Å². The number of nitrogens with one attached hydrogen (secondary N) is 1. The van der Waals surface area contributed by atoms with Gasteiger partial charge in [0.1, 0.15) is 4.60 Å². The second-order valence-electron chi connectivity index (χ2n) is 3.03. The van der Waals surface area contributed by atoms with Crippen molar-refractivity contribution in [1.29, 1.82) is 0 Å². The molecule has 1 aromatic heterocycles. The summed E-state index contributed by atoms with van der Waals surface area (Å²) in [6.07, 6.45) is 1.89. The van der Waals surface area contributed by atoms with E-state index in [1.54, 1.807) is 0 Å². The second-order valence-corrected chi connectivity index (χ2v) is 3.78. The summed E-state index contributed by atoms with van der Waals surface area (Å²) in [5.74, 6) is 0. The SMILES string of the molecule is CNCc1cnn(C(C)C)c1Br. The van der Waals surface area contributed by atoms with Crippen molar-refractivity contribution in [1.82, 2.24) is 15.1 Å². The molecule has 0 radical (unpaired) electrons. The van der Waals surface area contributed by atoms with Gasteiger partial charge >= 0.3 is 0 Å². The van der Waals surface area contributed by atoms with Crippen molar-refractivity contribution in [2.45, 2.75) is 26.4 Å². The minimum Gasteiger partial charge on any atom is -0.316 e. The van der Waals surface area contributed by atoms with Crippen LogP contribution in [0.25, 0.3) is 0 Å². The van der Waals surface area contributed by atoms with Crippen LogP contribution in [-0.4, -0.2) is 16.8 Å². The van der Waals surface area contributed by atoms with Gasteiger partial charge in [-0.2, -0.15) is 5.10 Å². The van der Waals surface area contributed by atoms with Crippen LogP contribution in [0.4, 0.5) is 0 Å². The molecule has 0 fully saturated rings. The molecule has 0 saturated heterocycles. The lowest BCUT2D eigenvalue weighted by molar-refractivity contribution is 0.521. The first-order valence-electron chi connectivity index (χ1n) is 4.03. The standard InChI is InChI=1S/C8H14BrN3/c1-6(2)12-8(9)7(4-10-3)5-11-12/h5-6,10H,4H2,1-3H3. The summed E-state index contributed by atoms with van der Waals surface area (Å²) in [5, 5.41) is 7.36. The molecule has 0 saturated carbocycles. The van der Waals surface area contributed by atoms with E-state index in [1.165, 1.54) is 5.56 Å². The highest BCUT2D eigenvalue weighted by Gasteiger charge is 2.08. The fourth-order valence-corrected chi connectivity index (χ4v) is 1.80. The Morgan fingerprint density at radius 2 is 2.33 bits per heavy atom. The third kappa shape index (κ3) is 1.87. The summed E-state index contributed by atoms with van der Waals surface area (Å²) in [6.45, 7) is 5.08. The molecule has 0 bridgehead atoms. The van der Waals surface area contributed by atoms with Gasteiger partial charge in [0.05, 0.1) is 6.20 Å². The highest BCUT2D eigenvalue weighted by molar-refractivity contribution is 9.10. The Balaban J connectivity index is 2.88. The van der Waals surface area contributed by atoms with E-state index in [2.05, 4.69) is 40.2 Å². The maximum atomic E-state index is 4.26.